The predicted molar refractivity (Wildman–Crippen MR) is 94.4 cm³/mol. The van der Waals surface area contributed by atoms with E-state index in [9.17, 15) is 4.79 Å². The van der Waals surface area contributed by atoms with Gasteiger partial charge in [-0.1, -0.05) is 42.5 Å². The van der Waals surface area contributed by atoms with Crippen LogP contribution in [0.4, 0.5) is 5.69 Å². The van der Waals surface area contributed by atoms with Gasteiger partial charge >= 0.3 is 0 Å². The summed E-state index contributed by atoms with van der Waals surface area (Å²) >= 11 is 0. The summed E-state index contributed by atoms with van der Waals surface area (Å²) in [5, 5.41) is 12.1. The van der Waals surface area contributed by atoms with Crippen molar-refractivity contribution < 1.29 is 4.79 Å². The van der Waals surface area contributed by atoms with Crippen molar-refractivity contribution in [3.63, 3.8) is 0 Å². The van der Waals surface area contributed by atoms with Crippen LogP contribution in [0.25, 0.3) is 0 Å². The van der Waals surface area contributed by atoms with Crippen molar-refractivity contribution in [3.8, 4) is 6.07 Å². The second-order valence-electron chi connectivity index (χ2n) is 6.05. The third-order valence-electron chi connectivity index (χ3n) is 4.35. The number of nitriles is 1. The summed E-state index contributed by atoms with van der Waals surface area (Å²) in [5.74, 6) is 0.125. The molecule has 4 nitrogen and oxygen atoms in total. The van der Waals surface area contributed by atoms with E-state index in [4.69, 9.17) is 5.26 Å². The van der Waals surface area contributed by atoms with Gasteiger partial charge in [-0.3, -0.25) is 4.79 Å². The van der Waals surface area contributed by atoms with Gasteiger partial charge in [0.25, 0.3) is 0 Å². The fraction of sp³-hybridized carbons (Fsp3) is 0.300. The maximum Gasteiger partial charge on any atom is 0.249 e. The van der Waals surface area contributed by atoms with Gasteiger partial charge in [-0.15, -0.1) is 0 Å². The van der Waals surface area contributed by atoms with Crippen molar-refractivity contribution in [3.05, 3.63) is 65.7 Å². The normalized spacial score (nSPS) is 14.9. The smallest absolute Gasteiger partial charge is 0.249 e. The Bertz CT molecular complexity index is 713. The second kappa shape index (κ2) is 7.65. The van der Waals surface area contributed by atoms with E-state index >= 15 is 0 Å². The van der Waals surface area contributed by atoms with Crippen molar-refractivity contribution >= 4 is 11.6 Å². The van der Waals surface area contributed by atoms with E-state index in [1.165, 1.54) is 0 Å². The topological polar surface area (TPSA) is 56.1 Å². The Morgan fingerprint density at radius 2 is 1.75 bits per heavy atom. The minimum atomic E-state index is -0.383. The highest BCUT2D eigenvalue weighted by atomic mass is 16.2. The van der Waals surface area contributed by atoms with Gasteiger partial charge in [0.2, 0.25) is 5.91 Å². The molecule has 122 valence electrons. The molecule has 2 aromatic carbocycles. The van der Waals surface area contributed by atoms with Gasteiger partial charge in [-0.05, 0) is 36.1 Å². The number of carbonyl (C=O) groups is 1. The number of rotatable bonds is 5. The molecule has 0 spiro atoms. The molecule has 0 aliphatic carbocycles. The Kier molecular flexibility index (Phi) is 5.12. The van der Waals surface area contributed by atoms with Crippen LogP contribution in [0.1, 0.15) is 30.0 Å². The first-order valence-corrected chi connectivity index (χ1v) is 8.34. The molecule has 1 fully saturated rings. The van der Waals surface area contributed by atoms with Crippen molar-refractivity contribution in [2.75, 3.05) is 18.4 Å². The monoisotopic (exact) mass is 319 g/mol. The summed E-state index contributed by atoms with van der Waals surface area (Å²) < 4.78 is 0. The SMILES string of the molecule is N#CCc1ccc(N[C@H](C(=O)N2CCCC2)c2ccccc2)cc1. The molecule has 3 rings (SSSR count). The minimum absolute atomic E-state index is 0.125. The highest BCUT2D eigenvalue weighted by molar-refractivity contribution is 5.86. The molecule has 1 saturated heterocycles. The first-order chi connectivity index (χ1) is 11.8. The van der Waals surface area contributed by atoms with E-state index < -0.39 is 0 Å². The third-order valence-corrected chi connectivity index (χ3v) is 4.35. The largest absolute Gasteiger partial charge is 0.370 e. The van der Waals surface area contributed by atoms with Gasteiger partial charge in [0.15, 0.2) is 0 Å². The first-order valence-electron chi connectivity index (χ1n) is 8.34. The van der Waals surface area contributed by atoms with Crippen LogP contribution in [0.15, 0.2) is 54.6 Å². The molecule has 4 heteroatoms. The van der Waals surface area contributed by atoms with Crippen LogP contribution >= 0.6 is 0 Å². The van der Waals surface area contributed by atoms with Gasteiger partial charge in [0.05, 0.1) is 12.5 Å². The number of likely N-dealkylation sites (tertiary alicyclic amines) is 1. The minimum Gasteiger partial charge on any atom is -0.370 e. The number of hydrogen-bond donors (Lipinski definition) is 1. The van der Waals surface area contributed by atoms with Gasteiger partial charge in [0.1, 0.15) is 6.04 Å². The van der Waals surface area contributed by atoms with Gasteiger partial charge in [-0.25, -0.2) is 0 Å². The number of amides is 1. The molecule has 1 atom stereocenters. The van der Waals surface area contributed by atoms with E-state index in [0.29, 0.717) is 6.42 Å². The van der Waals surface area contributed by atoms with Crippen LogP contribution in [0.2, 0.25) is 0 Å². The molecule has 0 unspecified atom stereocenters. The molecule has 2 aromatic rings. The average Bonchev–Trinajstić information content (AvgIpc) is 3.16. The summed E-state index contributed by atoms with van der Waals surface area (Å²) in [6, 6.07) is 19.3. The third kappa shape index (κ3) is 3.75. The molecule has 1 N–H and O–H groups in total. The summed E-state index contributed by atoms with van der Waals surface area (Å²) in [6.45, 7) is 1.68. The zero-order valence-electron chi connectivity index (χ0n) is 13.6. The molecule has 0 radical (unpaired) electrons. The van der Waals surface area contributed by atoms with Gasteiger partial charge in [-0.2, -0.15) is 5.26 Å². The maximum atomic E-state index is 12.9. The van der Waals surface area contributed by atoms with E-state index in [1.807, 2.05) is 59.5 Å². The van der Waals surface area contributed by atoms with Crippen LogP contribution in [0.5, 0.6) is 0 Å². The predicted octanol–water partition coefficient (Wildman–Crippen LogP) is 3.53. The molecule has 24 heavy (non-hydrogen) atoms. The molecule has 1 heterocycles. The lowest BCUT2D eigenvalue weighted by Gasteiger charge is -2.25. The zero-order valence-corrected chi connectivity index (χ0v) is 13.6. The lowest BCUT2D eigenvalue weighted by Crippen LogP contribution is -2.36. The maximum absolute atomic E-state index is 12.9. The Hall–Kier alpha value is -2.80. The van der Waals surface area contributed by atoms with Crippen molar-refractivity contribution in [2.24, 2.45) is 0 Å². The fourth-order valence-corrected chi connectivity index (χ4v) is 3.03. The lowest BCUT2D eigenvalue weighted by atomic mass is 10.0. The summed E-state index contributed by atoms with van der Waals surface area (Å²) in [6.07, 6.45) is 2.56. The zero-order chi connectivity index (χ0) is 16.8. The Morgan fingerprint density at radius 3 is 2.38 bits per heavy atom. The van der Waals surface area contributed by atoms with Gasteiger partial charge < -0.3 is 10.2 Å². The van der Waals surface area contributed by atoms with Crippen LogP contribution < -0.4 is 5.32 Å². The number of benzene rings is 2. The number of nitrogens with one attached hydrogen (secondary N) is 1. The number of carbonyl (C=O) groups excluding carboxylic acids is 1. The number of nitrogens with zero attached hydrogens (tertiary/aromatic N) is 2. The molecule has 1 aliphatic heterocycles. The summed E-state index contributed by atoms with van der Waals surface area (Å²) in [5.41, 5.74) is 2.83. The van der Waals surface area contributed by atoms with Crippen molar-refractivity contribution in [2.45, 2.75) is 25.3 Å². The molecule has 1 aliphatic rings. The second-order valence-corrected chi connectivity index (χ2v) is 6.05. The highest BCUT2D eigenvalue weighted by Gasteiger charge is 2.27. The van der Waals surface area contributed by atoms with Crippen LogP contribution in [0.3, 0.4) is 0 Å². The van der Waals surface area contributed by atoms with Crippen LogP contribution in [-0.4, -0.2) is 23.9 Å². The Balaban J connectivity index is 1.81. The van der Waals surface area contributed by atoms with Crippen molar-refractivity contribution in [1.82, 2.24) is 4.90 Å². The number of hydrogen-bond acceptors (Lipinski definition) is 3. The summed E-state index contributed by atoms with van der Waals surface area (Å²) in [7, 11) is 0. The van der Waals surface area contributed by atoms with E-state index in [1.54, 1.807) is 0 Å². The molecule has 1 amide bonds. The molecule has 0 saturated carbocycles. The lowest BCUT2D eigenvalue weighted by molar-refractivity contribution is -0.131. The molecule has 0 aromatic heterocycles. The standard InChI is InChI=1S/C20H21N3O/c21-13-12-16-8-10-18(11-9-16)22-19(17-6-2-1-3-7-17)20(24)23-14-4-5-15-23/h1-3,6-11,19,22H,4-5,12,14-15H2/t19-/m0/s1. The van der Waals surface area contributed by atoms with E-state index in [0.717, 1.165) is 42.7 Å². The fourth-order valence-electron chi connectivity index (χ4n) is 3.03. The molecule has 0 bridgehead atoms. The van der Waals surface area contributed by atoms with Crippen molar-refractivity contribution in [1.29, 1.82) is 5.26 Å². The van der Waals surface area contributed by atoms with Crippen LogP contribution in [-0.2, 0) is 11.2 Å². The summed E-state index contributed by atoms with van der Waals surface area (Å²) in [4.78, 5) is 14.9. The Morgan fingerprint density at radius 1 is 1.08 bits per heavy atom. The quantitative estimate of drug-likeness (QED) is 0.917. The average molecular weight is 319 g/mol. The first kappa shape index (κ1) is 16.1. The molecular weight excluding hydrogens is 298 g/mol. The molecular formula is C20H21N3O. The van der Waals surface area contributed by atoms with E-state index in [2.05, 4.69) is 11.4 Å². The number of anilines is 1. The Labute approximate surface area is 142 Å². The van der Waals surface area contributed by atoms with Gasteiger partial charge in [0, 0.05) is 18.8 Å². The highest BCUT2D eigenvalue weighted by Crippen LogP contribution is 2.24. The van der Waals surface area contributed by atoms with Crippen LogP contribution in [0, 0.1) is 11.3 Å². The van der Waals surface area contributed by atoms with E-state index in [-0.39, 0.29) is 11.9 Å².